The van der Waals surface area contributed by atoms with Crippen molar-refractivity contribution in [3.63, 3.8) is 0 Å². The van der Waals surface area contributed by atoms with Crippen LogP contribution in [-0.2, 0) is 11.8 Å². The summed E-state index contributed by atoms with van der Waals surface area (Å²) >= 11 is 1.95. The maximum Gasteiger partial charge on any atom is 0.00863 e. The average Bonchev–Trinajstić information content (AvgIpc) is 2.56. The van der Waals surface area contributed by atoms with E-state index in [-0.39, 0.29) is 5.41 Å². The van der Waals surface area contributed by atoms with E-state index in [1.165, 1.54) is 41.7 Å². The summed E-state index contributed by atoms with van der Waals surface area (Å²) in [6.07, 6.45) is 4.88. The third kappa shape index (κ3) is 3.17. The van der Waals surface area contributed by atoms with Crippen molar-refractivity contribution < 1.29 is 0 Å². The lowest BCUT2D eigenvalue weighted by Gasteiger charge is -2.38. The van der Waals surface area contributed by atoms with Gasteiger partial charge < -0.3 is 5.73 Å². The number of hydrogen-bond acceptors (Lipinski definition) is 2. The standard InChI is InChI=1S/C19H23NS/c20-15-19(13-14-21-17-9-2-1-3-10-17)12-6-8-16-7-4-5-11-18(16)19/h1-5,7,9-11H,6,8,12-15,20H2. The summed E-state index contributed by atoms with van der Waals surface area (Å²) in [4.78, 5) is 1.36. The summed E-state index contributed by atoms with van der Waals surface area (Å²) in [7, 11) is 0. The molecule has 0 saturated carbocycles. The van der Waals surface area contributed by atoms with E-state index in [9.17, 15) is 0 Å². The van der Waals surface area contributed by atoms with Crippen LogP contribution in [0.1, 0.15) is 30.4 Å². The highest BCUT2D eigenvalue weighted by Gasteiger charge is 2.34. The summed E-state index contributed by atoms with van der Waals surface area (Å²) < 4.78 is 0. The maximum atomic E-state index is 6.22. The van der Waals surface area contributed by atoms with Gasteiger partial charge in [-0.2, -0.15) is 0 Å². The van der Waals surface area contributed by atoms with E-state index in [0.717, 1.165) is 12.3 Å². The molecule has 0 radical (unpaired) electrons. The van der Waals surface area contributed by atoms with Gasteiger partial charge in [0.2, 0.25) is 0 Å². The minimum Gasteiger partial charge on any atom is -0.330 e. The van der Waals surface area contributed by atoms with Crippen molar-refractivity contribution in [3.05, 3.63) is 65.7 Å². The molecular weight excluding hydrogens is 274 g/mol. The fourth-order valence-corrected chi connectivity index (χ4v) is 4.54. The summed E-state index contributed by atoms with van der Waals surface area (Å²) in [6.45, 7) is 0.763. The largest absolute Gasteiger partial charge is 0.330 e. The van der Waals surface area contributed by atoms with Gasteiger partial charge in [0.1, 0.15) is 0 Å². The molecule has 1 atom stereocenters. The average molecular weight is 297 g/mol. The van der Waals surface area contributed by atoms with Crippen molar-refractivity contribution in [1.82, 2.24) is 0 Å². The summed E-state index contributed by atoms with van der Waals surface area (Å²) in [6, 6.07) is 19.6. The molecule has 0 heterocycles. The second-order valence-electron chi connectivity index (χ2n) is 5.91. The molecule has 0 aromatic heterocycles. The molecule has 2 aromatic carbocycles. The van der Waals surface area contributed by atoms with E-state index in [1.807, 2.05) is 11.8 Å². The third-order valence-electron chi connectivity index (χ3n) is 4.67. The van der Waals surface area contributed by atoms with Gasteiger partial charge >= 0.3 is 0 Å². The van der Waals surface area contributed by atoms with Crippen molar-refractivity contribution in [2.45, 2.75) is 36.0 Å². The lowest BCUT2D eigenvalue weighted by molar-refractivity contribution is 0.359. The zero-order valence-corrected chi connectivity index (χ0v) is 13.2. The second-order valence-corrected chi connectivity index (χ2v) is 7.07. The Morgan fingerprint density at radius 3 is 2.57 bits per heavy atom. The molecule has 0 fully saturated rings. The first-order valence-corrected chi connectivity index (χ1v) is 8.79. The highest BCUT2D eigenvalue weighted by Crippen LogP contribution is 2.40. The Labute approximate surface area is 132 Å². The predicted octanol–water partition coefficient (Wildman–Crippen LogP) is 4.40. The first-order valence-electron chi connectivity index (χ1n) is 7.80. The monoisotopic (exact) mass is 297 g/mol. The number of thioether (sulfide) groups is 1. The van der Waals surface area contributed by atoms with Crippen molar-refractivity contribution >= 4 is 11.8 Å². The van der Waals surface area contributed by atoms with E-state index >= 15 is 0 Å². The van der Waals surface area contributed by atoms with Crippen molar-refractivity contribution in [3.8, 4) is 0 Å². The highest BCUT2D eigenvalue weighted by atomic mass is 32.2. The van der Waals surface area contributed by atoms with Crippen LogP contribution < -0.4 is 5.73 Å². The molecule has 0 saturated heterocycles. The predicted molar refractivity (Wildman–Crippen MR) is 91.9 cm³/mol. The Balaban J connectivity index is 1.73. The molecule has 2 heteroatoms. The minimum atomic E-state index is 0.191. The SMILES string of the molecule is NCC1(CCSc2ccccc2)CCCc2ccccc21. The van der Waals surface area contributed by atoms with E-state index < -0.39 is 0 Å². The molecule has 0 amide bonds. The molecule has 2 aromatic rings. The van der Waals surface area contributed by atoms with Crippen LogP contribution in [0.2, 0.25) is 0 Å². The molecule has 1 aliphatic rings. The number of benzene rings is 2. The van der Waals surface area contributed by atoms with Crippen molar-refractivity contribution in [2.24, 2.45) is 5.73 Å². The Kier molecular flexibility index (Phi) is 4.67. The Hall–Kier alpha value is -1.25. The molecule has 110 valence electrons. The number of fused-ring (bicyclic) bond motifs is 1. The lowest BCUT2D eigenvalue weighted by Crippen LogP contribution is -2.39. The van der Waals surface area contributed by atoms with Crippen LogP contribution in [0.4, 0.5) is 0 Å². The number of hydrogen-bond donors (Lipinski definition) is 1. The van der Waals surface area contributed by atoms with Gasteiger partial charge in [-0.3, -0.25) is 0 Å². The first-order chi connectivity index (χ1) is 10.3. The van der Waals surface area contributed by atoms with E-state index in [4.69, 9.17) is 5.73 Å². The maximum absolute atomic E-state index is 6.22. The van der Waals surface area contributed by atoms with Crippen LogP contribution in [0, 0.1) is 0 Å². The fraction of sp³-hybridized carbons (Fsp3) is 0.368. The molecule has 3 rings (SSSR count). The molecule has 2 N–H and O–H groups in total. The van der Waals surface area contributed by atoms with Gasteiger partial charge in [0, 0.05) is 16.9 Å². The summed E-state index contributed by atoms with van der Waals surface area (Å²) in [5, 5.41) is 0. The van der Waals surface area contributed by atoms with Gasteiger partial charge in [-0.25, -0.2) is 0 Å². The quantitative estimate of drug-likeness (QED) is 0.828. The van der Waals surface area contributed by atoms with Crippen LogP contribution in [-0.4, -0.2) is 12.3 Å². The smallest absolute Gasteiger partial charge is 0.00863 e. The van der Waals surface area contributed by atoms with Crippen LogP contribution in [0.25, 0.3) is 0 Å². The van der Waals surface area contributed by atoms with Gasteiger partial charge in [0.05, 0.1) is 0 Å². The van der Waals surface area contributed by atoms with Crippen LogP contribution in [0.5, 0.6) is 0 Å². The normalized spacial score (nSPS) is 21.0. The zero-order chi connectivity index (χ0) is 14.5. The van der Waals surface area contributed by atoms with Crippen LogP contribution in [0.3, 0.4) is 0 Å². The van der Waals surface area contributed by atoms with Gasteiger partial charge in [0.15, 0.2) is 0 Å². The molecule has 1 nitrogen and oxygen atoms in total. The second kappa shape index (κ2) is 6.67. The molecule has 0 spiro atoms. The van der Waals surface area contributed by atoms with Crippen molar-refractivity contribution in [1.29, 1.82) is 0 Å². The van der Waals surface area contributed by atoms with Crippen LogP contribution >= 0.6 is 11.8 Å². The molecular formula is C19H23NS. The van der Waals surface area contributed by atoms with Crippen molar-refractivity contribution in [2.75, 3.05) is 12.3 Å². The summed E-state index contributed by atoms with van der Waals surface area (Å²) in [5.41, 5.74) is 9.43. The Morgan fingerprint density at radius 2 is 1.76 bits per heavy atom. The zero-order valence-electron chi connectivity index (χ0n) is 12.4. The molecule has 1 aliphatic carbocycles. The van der Waals surface area contributed by atoms with E-state index in [2.05, 4.69) is 54.6 Å². The van der Waals surface area contributed by atoms with E-state index in [1.54, 1.807) is 0 Å². The van der Waals surface area contributed by atoms with Crippen LogP contribution in [0.15, 0.2) is 59.5 Å². The van der Waals surface area contributed by atoms with Gasteiger partial charge in [-0.15, -0.1) is 11.8 Å². The lowest BCUT2D eigenvalue weighted by atomic mass is 9.68. The molecule has 0 aliphatic heterocycles. The molecule has 21 heavy (non-hydrogen) atoms. The topological polar surface area (TPSA) is 26.0 Å². The van der Waals surface area contributed by atoms with Gasteiger partial charge in [-0.1, -0.05) is 42.5 Å². The minimum absolute atomic E-state index is 0.191. The Bertz CT molecular complexity index is 581. The van der Waals surface area contributed by atoms with Gasteiger partial charge in [0.25, 0.3) is 0 Å². The first kappa shape index (κ1) is 14.7. The Morgan fingerprint density at radius 1 is 1.00 bits per heavy atom. The highest BCUT2D eigenvalue weighted by molar-refractivity contribution is 7.99. The van der Waals surface area contributed by atoms with E-state index in [0.29, 0.717) is 0 Å². The third-order valence-corrected chi connectivity index (χ3v) is 5.69. The number of aryl methyl sites for hydroxylation is 1. The molecule has 1 unspecified atom stereocenters. The summed E-state index contributed by atoms with van der Waals surface area (Å²) in [5.74, 6) is 1.13. The number of rotatable bonds is 5. The fourth-order valence-electron chi connectivity index (χ4n) is 3.46. The van der Waals surface area contributed by atoms with Gasteiger partial charge in [-0.05, 0) is 54.7 Å². The molecule has 0 bridgehead atoms. The number of nitrogens with two attached hydrogens (primary N) is 1.